The lowest BCUT2D eigenvalue weighted by Gasteiger charge is -2.30. The molecule has 0 aliphatic carbocycles. The van der Waals surface area contributed by atoms with Crippen molar-refractivity contribution in [1.29, 1.82) is 0 Å². The van der Waals surface area contributed by atoms with Crippen LogP contribution in [0.25, 0.3) is 0 Å². The molecular formula is C17H19Cl3N2OS. The molecule has 0 saturated carbocycles. The maximum Gasteiger partial charge on any atom is 0.238 e. The maximum atomic E-state index is 12.3. The number of anilines is 1. The molecule has 24 heavy (non-hydrogen) atoms. The van der Waals surface area contributed by atoms with E-state index >= 15 is 0 Å². The molecule has 1 amide bonds. The molecule has 1 atom stereocenters. The van der Waals surface area contributed by atoms with Gasteiger partial charge in [-0.3, -0.25) is 4.79 Å². The number of nitrogens with one attached hydrogen (secondary N) is 2. The van der Waals surface area contributed by atoms with Crippen molar-refractivity contribution in [3.8, 4) is 0 Å². The van der Waals surface area contributed by atoms with E-state index in [-0.39, 0.29) is 23.9 Å². The Labute approximate surface area is 161 Å². The summed E-state index contributed by atoms with van der Waals surface area (Å²) in [4.78, 5) is 13.5. The van der Waals surface area contributed by atoms with Crippen LogP contribution in [0, 0.1) is 5.41 Å². The fraction of sp³-hybridized carbons (Fsp3) is 0.353. The summed E-state index contributed by atoms with van der Waals surface area (Å²) in [5, 5.41) is 9.13. The van der Waals surface area contributed by atoms with Crippen LogP contribution in [0.4, 0.5) is 5.69 Å². The Bertz CT molecular complexity index is 688. The van der Waals surface area contributed by atoms with Crippen LogP contribution in [0.3, 0.4) is 0 Å². The number of rotatable bonds is 5. The van der Waals surface area contributed by atoms with Crippen molar-refractivity contribution in [3.63, 3.8) is 0 Å². The van der Waals surface area contributed by atoms with Gasteiger partial charge in [0.1, 0.15) is 0 Å². The Balaban J connectivity index is 2.05. The van der Waals surface area contributed by atoms with Gasteiger partial charge in [-0.05, 0) is 29.0 Å². The first-order valence-electron chi connectivity index (χ1n) is 7.39. The van der Waals surface area contributed by atoms with Crippen molar-refractivity contribution in [3.05, 3.63) is 49.6 Å². The number of benzene rings is 1. The molecule has 0 fully saturated rings. The van der Waals surface area contributed by atoms with Crippen LogP contribution in [0.2, 0.25) is 15.1 Å². The van der Waals surface area contributed by atoms with Crippen LogP contribution in [0.5, 0.6) is 0 Å². The Morgan fingerprint density at radius 1 is 1.21 bits per heavy atom. The SMILES string of the molecule is CC(C)(C)C(NCC(=O)Nc1c(Cl)cc(Cl)cc1Cl)c1cccs1. The number of thiophene rings is 1. The lowest BCUT2D eigenvalue weighted by atomic mass is 9.86. The predicted octanol–water partition coefficient (Wildman–Crippen LogP) is 6.02. The van der Waals surface area contributed by atoms with Gasteiger partial charge >= 0.3 is 0 Å². The minimum absolute atomic E-state index is 0.0271. The number of carbonyl (C=O) groups is 1. The summed E-state index contributed by atoms with van der Waals surface area (Å²) in [7, 11) is 0. The first-order chi connectivity index (χ1) is 11.2. The van der Waals surface area contributed by atoms with Crippen LogP contribution in [0.1, 0.15) is 31.7 Å². The second-order valence-electron chi connectivity index (χ2n) is 6.49. The van der Waals surface area contributed by atoms with Crippen LogP contribution in [0.15, 0.2) is 29.6 Å². The molecule has 2 N–H and O–H groups in total. The topological polar surface area (TPSA) is 41.1 Å². The summed E-state index contributed by atoms with van der Waals surface area (Å²) >= 11 is 19.7. The van der Waals surface area contributed by atoms with Gasteiger partial charge in [0.15, 0.2) is 0 Å². The first-order valence-corrected chi connectivity index (χ1v) is 9.41. The van der Waals surface area contributed by atoms with E-state index in [1.165, 1.54) is 4.88 Å². The highest BCUT2D eigenvalue weighted by molar-refractivity contribution is 7.10. The van der Waals surface area contributed by atoms with E-state index in [4.69, 9.17) is 34.8 Å². The van der Waals surface area contributed by atoms with Gasteiger partial charge in [-0.1, -0.05) is 61.6 Å². The van der Waals surface area contributed by atoms with Crippen molar-refractivity contribution in [2.75, 3.05) is 11.9 Å². The van der Waals surface area contributed by atoms with Crippen molar-refractivity contribution in [1.82, 2.24) is 5.32 Å². The molecule has 2 rings (SSSR count). The predicted molar refractivity (Wildman–Crippen MR) is 105 cm³/mol. The molecule has 7 heteroatoms. The summed E-state index contributed by atoms with van der Waals surface area (Å²) in [5.74, 6) is -0.216. The number of amides is 1. The van der Waals surface area contributed by atoms with Crippen LogP contribution < -0.4 is 10.6 Å². The number of hydrogen-bond donors (Lipinski definition) is 2. The number of carbonyl (C=O) groups excluding carboxylic acids is 1. The van der Waals surface area contributed by atoms with Crippen molar-refractivity contribution < 1.29 is 4.79 Å². The smallest absolute Gasteiger partial charge is 0.238 e. The van der Waals surface area contributed by atoms with Gasteiger partial charge in [0.05, 0.1) is 22.3 Å². The minimum Gasteiger partial charge on any atom is -0.322 e. The van der Waals surface area contributed by atoms with Crippen LogP contribution >= 0.6 is 46.1 Å². The molecule has 1 heterocycles. The maximum absolute atomic E-state index is 12.3. The molecule has 1 aromatic heterocycles. The molecule has 0 aliphatic heterocycles. The molecule has 1 unspecified atom stereocenters. The van der Waals surface area contributed by atoms with E-state index in [1.54, 1.807) is 23.5 Å². The molecular weight excluding hydrogens is 387 g/mol. The fourth-order valence-corrected chi connectivity index (χ4v) is 4.28. The third kappa shape index (κ3) is 5.11. The van der Waals surface area contributed by atoms with Crippen LogP contribution in [-0.2, 0) is 4.79 Å². The van der Waals surface area contributed by atoms with Gasteiger partial charge in [0.2, 0.25) is 5.91 Å². The highest BCUT2D eigenvalue weighted by atomic mass is 35.5. The highest BCUT2D eigenvalue weighted by Crippen LogP contribution is 2.35. The Hall–Kier alpha value is -0.780. The van der Waals surface area contributed by atoms with E-state index in [0.717, 1.165) is 0 Å². The highest BCUT2D eigenvalue weighted by Gasteiger charge is 2.27. The van der Waals surface area contributed by atoms with E-state index < -0.39 is 0 Å². The zero-order valence-corrected chi connectivity index (χ0v) is 16.7. The van der Waals surface area contributed by atoms with E-state index in [0.29, 0.717) is 20.8 Å². The van der Waals surface area contributed by atoms with E-state index in [1.807, 2.05) is 11.4 Å². The van der Waals surface area contributed by atoms with Crippen molar-refractivity contribution >= 4 is 57.7 Å². The van der Waals surface area contributed by atoms with E-state index in [2.05, 4.69) is 37.5 Å². The lowest BCUT2D eigenvalue weighted by molar-refractivity contribution is -0.115. The first kappa shape index (κ1) is 19.5. The van der Waals surface area contributed by atoms with Gasteiger partial charge in [0.25, 0.3) is 0 Å². The third-order valence-corrected chi connectivity index (χ3v) is 5.18. The Morgan fingerprint density at radius 2 is 1.83 bits per heavy atom. The lowest BCUT2D eigenvalue weighted by Crippen LogP contribution is -2.37. The Kier molecular flexibility index (Phi) is 6.57. The summed E-state index contributed by atoms with van der Waals surface area (Å²) in [6, 6.07) is 7.23. The summed E-state index contributed by atoms with van der Waals surface area (Å²) in [5.41, 5.74) is 0.346. The third-order valence-electron chi connectivity index (χ3n) is 3.43. The molecule has 0 bridgehead atoms. The van der Waals surface area contributed by atoms with Crippen molar-refractivity contribution in [2.45, 2.75) is 26.8 Å². The second-order valence-corrected chi connectivity index (χ2v) is 8.72. The number of halogens is 3. The average molecular weight is 406 g/mol. The quantitative estimate of drug-likeness (QED) is 0.638. The molecule has 0 saturated heterocycles. The van der Waals surface area contributed by atoms with Gasteiger partial charge in [0, 0.05) is 15.9 Å². The average Bonchev–Trinajstić information content (AvgIpc) is 2.95. The fourth-order valence-electron chi connectivity index (χ4n) is 2.33. The van der Waals surface area contributed by atoms with Gasteiger partial charge < -0.3 is 10.6 Å². The van der Waals surface area contributed by atoms with Crippen molar-refractivity contribution in [2.24, 2.45) is 5.41 Å². The molecule has 130 valence electrons. The zero-order valence-electron chi connectivity index (χ0n) is 13.6. The van der Waals surface area contributed by atoms with E-state index in [9.17, 15) is 4.79 Å². The molecule has 2 aromatic rings. The molecule has 0 radical (unpaired) electrons. The molecule has 0 spiro atoms. The summed E-state index contributed by atoms with van der Waals surface area (Å²) in [6.45, 7) is 6.55. The van der Waals surface area contributed by atoms with Gasteiger partial charge in [-0.2, -0.15) is 0 Å². The molecule has 3 nitrogen and oxygen atoms in total. The monoisotopic (exact) mass is 404 g/mol. The van der Waals surface area contributed by atoms with Gasteiger partial charge in [-0.15, -0.1) is 11.3 Å². The molecule has 0 aliphatic rings. The number of hydrogen-bond acceptors (Lipinski definition) is 3. The largest absolute Gasteiger partial charge is 0.322 e. The zero-order chi connectivity index (χ0) is 17.9. The summed E-state index contributed by atoms with van der Waals surface area (Å²) < 4.78 is 0. The van der Waals surface area contributed by atoms with Gasteiger partial charge in [-0.25, -0.2) is 0 Å². The Morgan fingerprint density at radius 3 is 2.33 bits per heavy atom. The normalized spacial score (nSPS) is 12.9. The second kappa shape index (κ2) is 8.07. The minimum atomic E-state index is -0.216. The molecule has 1 aromatic carbocycles. The summed E-state index contributed by atoms with van der Waals surface area (Å²) in [6.07, 6.45) is 0. The standard InChI is InChI=1S/C17H19Cl3N2OS/c1-17(2,3)16(13-5-4-6-24-13)21-9-14(23)22-15-11(19)7-10(18)8-12(15)20/h4-8,16,21H,9H2,1-3H3,(H,22,23). The van der Waals surface area contributed by atoms with Crippen LogP contribution in [-0.4, -0.2) is 12.5 Å².